The van der Waals surface area contributed by atoms with Gasteiger partial charge in [0, 0.05) is 29.9 Å². The third-order valence-electron chi connectivity index (χ3n) is 8.13. The number of esters is 2. The van der Waals surface area contributed by atoms with Crippen LogP contribution in [0.15, 0.2) is 53.4 Å². The SMILES string of the molecule is CC(=O)OCC1C[C@@H](Sc2cccc(C3CC[C@@H](C)c4ccccc43)c2)C(OC(C)=O)[C@@H](C)[C@@H]1C. The maximum Gasteiger partial charge on any atom is 0.302 e. The predicted molar refractivity (Wildman–Crippen MR) is 141 cm³/mol. The van der Waals surface area contributed by atoms with Crippen molar-refractivity contribution in [2.24, 2.45) is 17.8 Å². The highest BCUT2D eigenvalue weighted by molar-refractivity contribution is 8.00. The Morgan fingerprint density at radius 2 is 1.66 bits per heavy atom. The number of carbonyl (C=O) groups is 2. The molecule has 2 aliphatic carbocycles. The molecule has 0 N–H and O–H groups in total. The minimum Gasteiger partial charge on any atom is -0.466 e. The molecular weight excluding hydrogens is 456 g/mol. The first-order valence-corrected chi connectivity index (χ1v) is 13.8. The van der Waals surface area contributed by atoms with Crippen molar-refractivity contribution in [3.05, 3.63) is 65.2 Å². The minimum atomic E-state index is -0.244. The fourth-order valence-electron chi connectivity index (χ4n) is 5.98. The summed E-state index contributed by atoms with van der Waals surface area (Å²) in [6, 6.07) is 17.8. The van der Waals surface area contributed by atoms with Crippen LogP contribution >= 0.6 is 11.8 Å². The van der Waals surface area contributed by atoms with Crippen molar-refractivity contribution in [3.63, 3.8) is 0 Å². The largest absolute Gasteiger partial charge is 0.466 e. The van der Waals surface area contributed by atoms with Gasteiger partial charge in [0.2, 0.25) is 0 Å². The number of rotatable bonds is 6. The summed E-state index contributed by atoms with van der Waals surface area (Å²) in [5.41, 5.74) is 4.28. The lowest BCUT2D eigenvalue weighted by Gasteiger charge is -2.43. The molecule has 4 nitrogen and oxygen atoms in total. The number of hydrogen-bond acceptors (Lipinski definition) is 5. The van der Waals surface area contributed by atoms with Crippen LogP contribution in [0.5, 0.6) is 0 Å². The van der Waals surface area contributed by atoms with E-state index >= 15 is 0 Å². The van der Waals surface area contributed by atoms with Crippen LogP contribution in [0.25, 0.3) is 0 Å². The van der Waals surface area contributed by atoms with Crippen molar-refractivity contribution in [1.29, 1.82) is 0 Å². The fraction of sp³-hybridized carbons (Fsp3) is 0.533. The lowest BCUT2D eigenvalue weighted by Crippen LogP contribution is -2.46. The zero-order valence-electron chi connectivity index (χ0n) is 21.5. The van der Waals surface area contributed by atoms with Crippen LogP contribution in [0.1, 0.15) is 82.4 Å². The molecule has 35 heavy (non-hydrogen) atoms. The standard InChI is InChI=1S/C30H38O4S/c1-18-13-14-27(28-12-7-6-11-26(18)28)23-9-8-10-25(15-23)35-29-16-24(17-33-21(4)31)19(2)20(3)30(29)34-22(5)32/h6-12,15,18-20,24,27,29-30H,13-14,16-17H2,1-5H3/t18-,19+,20+,24?,27?,29-,30?/m1/s1. The highest BCUT2D eigenvalue weighted by atomic mass is 32.2. The molecule has 0 aliphatic heterocycles. The summed E-state index contributed by atoms with van der Waals surface area (Å²) in [6.07, 6.45) is 3.03. The van der Waals surface area contributed by atoms with Crippen LogP contribution in [0.4, 0.5) is 0 Å². The Morgan fingerprint density at radius 1 is 0.914 bits per heavy atom. The van der Waals surface area contributed by atoms with Crippen molar-refractivity contribution >= 4 is 23.7 Å². The lowest BCUT2D eigenvalue weighted by molar-refractivity contribution is -0.154. The van der Waals surface area contributed by atoms with Crippen LogP contribution in [-0.2, 0) is 19.1 Å². The van der Waals surface area contributed by atoms with E-state index in [2.05, 4.69) is 69.3 Å². The maximum atomic E-state index is 12.0. The van der Waals surface area contributed by atoms with Gasteiger partial charge in [-0.15, -0.1) is 11.8 Å². The van der Waals surface area contributed by atoms with Gasteiger partial charge in [-0.25, -0.2) is 0 Å². The first-order valence-electron chi connectivity index (χ1n) is 12.9. The number of hydrogen-bond donors (Lipinski definition) is 0. The van der Waals surface area contributed by atoms with Crippen LogP contribution in [0.2, 0.25) is 0 Å². The van der Waals surface area contributed by atoms with E-state index in [0.29, 0.717) is 24.4 Å². The number of carbonyl (C=O) groups excluding carboxylic acids is 2. The van der Waals surface area contributed by atoms with Crippen LogP contribution in [-0.4, -0.2) is 29.9 Å². The van der Waals surface area contributed by atoms with Gasteiger partial charge in [0.05, 0.1) is 6.61 Å². The van der Waals surface area contributed by atoms with Crippen molar-refractivity contribution in [1.82, 2.24) is 0 Å². The monoisotopic (exact) mass is 494 g/mol. The van der Waals surface area contributed by atoms with E-state index in [-0.39, 0.29) is 35.1 Å². The Kier molecular flexibility index (Phi) is 8.26. The third-order valence-corrected chi connectivity index (χ3v) is 9.42. The molecule has 0 saturated heterocycles. The molecule has 7 atom stereocenters. The third kappa shape index (κ3) is 5.94. The van der Waals surface area contributed by atoms with E-state index in [4.69, 9.17) is 9.47 Å². The lowest BCUT2D eigenvalue weighted by atomic mass is 9.72. The molecule has 1 saturated carbocycles. The number of ether oxygens (including phenoxy) is 2. The van der Waals surface area contributed by atoms with Gasteiger partial charge < -0.3 is 9.47 Å². The van der Waals surface area contributed by atoms with Crippen LogP contribution < -0.4 is 0 Å². The zero-order chi connectivity index (χ0) is 25.1. The van der Waals surface area contributed by atoms with Gasteiger partial charge in [0.1, 0.15) is 6.10 Å². The molecule has 0 radical (unpaired) electrons. The van der Waals surface area contributed by atoms with E-state index < -0.39 is 0 Å². The molecular formula is C30H38O4S. The Balaban J connectivity index is 1.58. The van der Waals surface area contributed by atoms with Crippen LogP contribution in [0.3, 0.4) is 0 Å². The molecule has 0 spiro atoms. The van der Waals surface area contributed by atoms with Crippen molar-refractivity contribution in [3.8, 4) is 0 Å². The van der Waals surface area contributed by atoms with Crippen molar-refractivity contribution in [2.45, 2.75) is 82.0 Å². The summed E-state index contributed by atoms with van der Waals surface area (Å²) >= 11 is 1.80. The normalized spacial score (nSPS) is 30.3. The summed E-state index contributed by atoms with van der Waals surface area (Å²) in [6.45, 7) is 10.0. The molecule has 188 valence electrons. The highest BCUT2D eigenvalue weighted by Gasteiger charge is 2.43. The molecule has 2 aliphatic rings. The molecule has 5 heteroatoms. The second-order valence-electron chi connectivity index (χ2n) is 10.5. The van der Waals surface area contributed by atoms with E-state index in [9.17, 15) is 9.59 Å². The summed E-state index contributed by atoms with van der Waals surface area (Å²) in [4.78, 5) is 24.6. The first kappa shape index (κ1) is 25.8. The molecule has 0 bridgehead atoms. The second-order valence-corrected chi connectivity index (χ2v) is 11.8. The molecule has 3 unspecified atom stereocenters. The summed E-state index contributed by atoms with van der Waals surface area (Å²) in [5, 5.41) is 0.111. The van der Waals surface area contributed by atoms with E-state index in [0.717, 1.165) is 12.8 Å². The van der Waals surface area contributed by atoms with Gasteiger partial charge in [0.25, 0.3) is 0 Å². The maximum absolute atomic E-state index is 12.0. The smallest absolute Gasteiger partial charge is 0.302 e. The fourth-order valence-corrected chi connectivity index (χ4v) is 7.47. The van der Waals surface area contributed by atoms with Gasteiger partial charge in [-0.05, 0) is 71.8 Å². The molecule has 2 aromatic rings. The first-order chi connectivity index (χ1) is 16.7. The van der Waals surface area contributed by atoms with Crippen LogP contribution in [0, 0.1) is 17.8 Å². The highest BCUT2D eigenvalue weighted by Crippen LogP contribution is 2.46. The minimum absolute atomic E-state index is 0.111. The molecule has 0 amide bonds. The van der Waals surface area contributed by atoms with Gasteiger partial charge >= 0.3 is 11.9 Å². The van der Waals surface area contributed by atoms with Gasteiger partial charge in [-0.1, -0.05) is 57.2 Å². The van der Waals surface area contributed by atoms with Gasteiger partial charge in [0.15, 0.2) is 0 Å². The van der Waals surface area contributed by atoms with Crippen molar-refractivity contribution in [2.75, 3.05) is 6.61 Å². The van der Waals surface area contributed by atoms with E-state index in [1.165, 1.54) is 41.9 Å². The predicted octanol–water partition coefficient (Wildman–Crippen LogP) is 6.96. The van der Waals surface area contributed by atoms with E-state index in [1.54, 1.807) is 11.8 Å². The van der Waals surface area contributed by atoms with Crippen molar-refractivity contribution < 1.29 is 19.1 Å². The zero-order valence-corrected chi connectivity index (χ0v) is 22.3. The average molecular weight is 495 g/mol. The second kappa shape index (κ2) is 11.2. The summed E-state index contributed by atoms with van der Waals surface area (Å²) in [5.74, 6) is 1.25. The number of thioether (sulfide) groups is 1. The Bertz CT molecular complexity index is 1050. The Hall–Kier alpha value is -2.27. The number of benzene rings is 2. The number of fused-ring (bicyclic) bond motifs is 1. The van der Waals surface area contributed by atoms with Gasteiger partial charge in [-0.2, -0.15) is 0 Å². The van der Waals surface area contributed by atoms with Gasteiger partial charge in [-0.3, -0.25) is 9.59 Å². The molecule has 0 aromatic heterocycles. The molecule has 4 rings (SSSR count). The summed E-state index contributed by atoms with van der Waals surface area (Å²) in [7, 11) is 0. The quantitative estimate of drug-likeness (QED) is 0.406. The molecule has 1 fully saturated rings. The Labute approximate surface area is 214 Å². The molecule has 2 aromatic carbocycles. The summed E-state index contributed by atoms with van der Waals surface area (Å²) < 4.78 is 11.3. The average Bonchev–Trinajstić information content (AvgIpc) is 2.83. The van der Waals surface area contributed by atoms with E-state index in [1.807, 2.05) is 0 Å². The Morgan fingerprint density at radius 3 is 2.37 bits per heavy atom. The molecule has 0 heterocycles. The topological polar surface area (TPSA) is 52.6 Å².